The number of nitrogens with one attached hydrogen (secondary N) is 1. The first kappa shape index (κ1) is 17.2. The molecule has 1 aliphatic heterocycles. The molecule has 3 aliphatic rings. The highest BCUT2D eigenvalue weighted by Gasteiger charge is 2.44. The largest absolute Gasteiger partial charge is 0.388 e. The molecule has 5 heteroatoms. The highest BCUT2D eigenvalue weighted by molar-refractivity contribution is 5.73. The van der Waals surface area contributed by atoms with Crippen molar-refractivity contribution in [2.45, 2.75) is 82.6 Å². The topological polar surface area (TPSA) is 78.8 Å². The van der Waals surface area contributed by atoms with E-state index < -0.39 is 18.2 Å². The molecule has 3 rings (SSSR count). The van der Waals surface area contributed by atoms with Crippen LogP contribution >= 0.6 is 0 Å². The van der Waals surface area contributed by atoms with Crippen LogP contribution in [0.4, 0.5) is 0 Å². The fourth-order valence-corrected chi connectivity index (χ4v) is 4.57. The first-order valence-electron chi connectivity index (χ1n) is 9.29. The van der Waals surface area contributed by atoms with Gasteiger partial charge in [0.05, 0.1) is 18.8 Å². The van der Waals surface area contributed by atoms with E-state index in [0.29, 0.717) is 5.92 Å². The predicted octanol–water partition coefficient (Wildman–Crippen LogP) is 1.61. The minimum atomic E-state index is -0.938. The van der Waals surface area contributed by atoms with Gasteiger partial charge in [-0.3, -0.25) is 4.79 Å². The maximum Gasteiger partial charge on any atom is 0.217 e. The number of amides is 1. The van der Waals surface area contributed by atoms with Crippen LogP contribution < -0.4 is 5.32 Å². The summed E-state index contributed by atoms with van der Waals surface area (Å²) in [5.74, 6) is 1.84. The SMILES string of the molecule is CC(=O)N[C@H]1CO[C@H](C2CCC(CCC3CCC3)C2)[C@H](O)C1O. The highest BCUT2D eigenvalue weighted by atomic mass is 16.5. The molecular formula is C18H31NO4. The van der Waals surface area contributed by atoms with Crippen LogP contribution in [-0.4, -0.2) is 47.1 Å². The van der Waals surface area contributed by atoms with Crippen molar-refractivity contribution in [1.82, 2.24) is 5.32 Å². The third-order valence-electron chi connectivity index (χ3n) is 6.21. The van der Waals surface area contributed by atoms with E-state index in [1.54, 1.807) is 0 Å². The quantitative estimate of drug-likeness (QED) is 0.717. The van der Waals surface area contributed by atoms with Crippen molar-refractivity contribution in [2.24, 2.45) is 17.8 Å². The Labute approximate surface area is 138 Å². The summed E-state index contributed by atoms with van der Waals surface area (Å²) in [5.41, 5.74) is 0. The number of rotatable bonds is 5. The van der Waals surface area contributed by atoms with Gasteiger partial charge in [0.15, 0.2) is 0 Å². The average molecular weight is 325 g/mol. The van der Waals surface area contributed by atoms with Gasteiger partial charge in [-0.15, -0.1) is 0 Å². The summed E-state index contributed by atoms with van der Waals surface area (Å²) < 4.78 is 5.84. The molecule has 2 aliphatic carbocycles. The minimum absolute atomic E-state index is 0.208. The molecule has 3 unspecified atom stereocenters. The van der Waals surface area contributed by atoms with E-state index in [1.165, 1.54) is 45.4 Å². The van der Waals surface area contributed by atoms with Gasteiger partial charge in [0, 0.05) is 6.92 Å². The normalized spacial score (nSPS) is 41.5. The lowest BCUT2D eigenvalue weighted by atomic mass is 9.80. The van der Waals surface area contributed by atoms with E-state index in [0.717, 1.165) is 24.7 Å². The summed E-state index contributed by atoms with van der Waals surface area (Å²) in [4.78, 5) is 11.1. The smallest absolute Gasteiger partial charge is 0.217 e. The molecule has 0 aromatic rings. The highest BCUT2D eigenvalue weighted by Crippen LogP contribution is 2.41. The van der Waals surface area contributed by atoms with Crippen LogP contribution in [0.2, 0.25) is 0 Å². The molecule has 0 spiro atoms. The summed E-state index contributed by atoms with van der Waals surface area (Å²) in [6.45, 7) is 1.70. The summed E-state index contributed by atoms with van der Waals surface area (Å²) in [7, 11) is 0. The summed E-state index contributed by atoms with van der Waals surface area (Å²) in [6, 6.07) is -0.505. The third-order valence-corrected chi connectivity index (χ3v) is 6.21. The number of hydrogen-bond donors (Lipinski definition) is 3. The van der Waals surface area contributed by atoms with Gasteiger partial charge in [0.25, 0.3) is 0 Å². The number of aliphatic hydroxyl groups excluding tert-OH is 2. The van der Waals surface area contributed by atoms with Crippen LogP contribution in [0.5, 0.6) is 0 Å². The zero-order valence-corrected chi connectivity index (χ0v) is 14.1. The molecule has 23 heavy (non-hydrogen) atoms. The van der Waals surface area contributed by atoms with Crippen molar-refractivity contribution in [3.63, 3.8) is 0 Å². The fraction of sp³-hybridized carbons (Fsp3) is 0.944. The van der Waals surface area contributed by atoms with E-state index in [4.69, 9.17) is 4.74 Å². The Kier molecular flexibility index (Phi) is 5.60. The second kappa shape index (κ2) is 7.49. The first-order valence-corrected chi connectivity index (χ1v) is 9.29. The monoisotopic (exact) mass is 325 g/mol. The van der Waals surface area contributed by atoms with Crippen LogP contribution in [0.25, 0.3) is 0 Å². The van der Waals surface area contributed by atoms with Crippen LogP contribution in [0.3, 0.4) is 0 Å². The molecule has 132 valence electrons. The molecule has 0 bridgehead atoms. The van der Waals surface area contributed by atoms with Crippen molar-refractivity contribution < 1.29 is 19.7 Å². The number of aliphatic hydroxyl groups is 2. The zero-order chi connectivity index (χ0) is 16.4. The molecule has 2 saturated carbocycles. The minimum Gasteiger partial charge on any atom is -0.388 e. The van der Waals surface area contributed by atoms with E-state index in [9.17, 15) is 15.0 Å². The van der Waals surface area contributed by atoms with Gasteiger partial charge in [0.1, 0.15) is 12.2 Å². The van der Waals surface area contributed by atoms with Crippen LogP contribution in [0.1, 0.15) is 58.3 Å². The Morgan fingerprint density at radius 2 is 1.83 bits per heavy atom. The number of hydrogen-bond acceptors (Lipinski definition) is 4. The van der Waals surface area contributed by atoms with Gasteiger partial charge >= 0.3 is 0 Å². The molecule has 6 atom stereocenters. The number of carbonyl (C=O) groups excluding carboxylic acids is 1. The van der Waals surface area contributed by atoms with E-state index in [1.807, 2.05) is 0 Å². The molecule has 1 amide bonds. The van der Waals surface area contributed by atoms with Crippen molar-refractivity contribution in [3.05, 3.63) is 0 Å². The van der Waals surface area contributed by atoms with E-state index in [-0.39, 0.29) is 18.6 Å². The number of carbonyl (C=O) groups is 1. The first-order chi connectivity index (χ1) is 11.0. The van der Waals surface area contributed by atoms with Gasteiger partial charge in [0.2, 0.25) is 5.91 Å². The summed E-state index contributed by atoms with van der Waals surface area (Å²) in [6.07, 6.45) is 8.17. The second-order valence-electron chi connectivity index (χ2n) is 7.90. The third kappa shape index (κ3) is 4.06. The van der Waals surface area contributed by atoms with Crippen molar-refractivity contribution in [3.8, 4) is 0 Å². The standard InChI is InChI=1S/C18H31NO4/c1-11(20)19-15-10-23-18(17(22)16(15)21)14-8-7-13(9-14)6-5-12-3-2-4-12/h12-18,21-22H,2-10H2,1H3,(H,19,20)/t13?,14?,15-,16?,17+,18+/m0/s1. The van der Waals surface area contributed by atoms with Crippen molar-refractivity contribution in [2.75, 3.05) is 6.61 Å². The lowest BCUT2D eigenvalue weighted by molar-refractivity contribution is -0.169. The van der Waals surface area contributed by atoms with Crippen molar-refractivity contribution in [1.29, 1.82) is 0 Å². The number of ether oxygens (including phenoxy) is 1. The van der Waals surface area contributed by atoms with Crippen LogP contribution in [-0.2, 0) is 9.53 Å². The fourth-order valence-electron chi connectivity index (χ4n) is 4.57. The maximum atomic E-state index is 11.1. The Bertz CT molecular complexity index is 412. The maximum absolute atomic E-state index is 11.1. The summed E-state index contributed by atoms with van der Waals surface area (Å²) in [5, 5.41) is 23.3. The van der Waals surface area contributed by atoms with Gasteiger partial charge in [-0.1, -0.05) is 38.5 Å². The molecule has 0 radical (unpaired) electrons. The van der Waals surface area contributed by atoms with Gasteiger partial charge in [-0.05, 0) is 30.6 Å². The lowest BCUT2D eigenvalue weighted by Gasteiger charge is -2.40. The summed E-state index contributed by atoms with van der Waals surface area (Å²) >= 11 is 0. The van der Waals surface area contributed by atoms with Crippen LogP contribution in [0.15, 0.2) is 0 Å². The zero-order valence-electron chi connectivity index (χ0n) is 14.1. The van der Waals surface area contributed by atoms with E-state index in [2.05, 4.69) is 5.32 Å². The Morgan fingerprint density at radius 3 is 2.48 bits per heavy atom. The van der Waals surface area contributed by atoms with E-state index >= 15 is 0 Å². The molecule has 5 nitrogen and oxygen atoms in total. The van der Waals surface area contributed by atoms with Crippen molar-refractivity contribution >= 4 is 5.91 Å². The van der Waals surface area contributed by atoms with Gasteiger partial charge < -0.3 is 20.3 Å². The molecule has 3 fully saturated rings. The van der Waals surface area contributed by atoms with Crippen LogP contribution in [0, 0.1) is 17.8 Å². The molecule has 0 aromatic heterocycles. The lowest BCUT2D eigenvalue weighted by Crippen LogP contribution is -2.60. The molecule has 3 N–H and O–H groups in total. The van der Waals surface area contributed by atoms with Gasteiger partial charge in [-0.2, -0.15) is 0 Å². The average Bonchev–Trinajstić information content (AvgIpc) is 2.91. The Hall–Kier alpha value is -0.650. The Morgan fingerprint density at radius 1 is 1.09 bits per heavy atom. The molecular weight excluding hydrogens is 294 g/mol. The molecule has 1 saturated heterocycles. The Balaban J connectivity index is 1.46. The predicted molar refractivity (Wildman–Crippen MR) is 86.8 cm³/mol. The molecule has 1 heterocycles. The van der Waals surface area contributed by atoms with Gasteiger partial charge in [-0.25, -0.2) is 0 Å². The molecule has 0 aromatic carbocycles. The second-order valence-corrected chi connectivity index (χ2v) is 7.90.